The molecular weight excluding hydrogens is 306 g/mol. The van der Waals surface area contributed by atoms with Gasteiger partial charge < -0.3 is 16.2 Å². The third-order valence-electron chi connectivity index (χ3n) is 2.77. The van der Waals surface area contributed by atoms with E-state index < -0.39 is 10.0 Å². The molecule has 0 aromatic heterocycles. The van der Waals surface area contributed by atoms with E-state index >= 15 is 0 Å². The average molecular weight is 321 g/mol. The topological polar surface area (TPSA) is 122 Å². The molecule has 8 heteroatoms. The molecule has 0 bridgehead atoms. The standard InChI is InChI=1S/C14H15N3O4S/c1-9(18)16-10-2-4-11(5-3-10)17-22(20,21)12-6-7-14(19)13(15)8-12/h2-8,17,19H,15H2,1H3,(H,16,18). The molecule has 0 aliphatic heterocycles. The van der Waals surface area contributed by atoms with Gasteiger partial charge in [-0.15, -0.1) is 0 Å². The molecule has 0 heterocycles. The van der Waals surface area contributed by atoms with E-state index in [4.69, 9.17) is 5.73 Å². The van der Waals surface area contributed by atoms with Crippen LogP contribution in [0.15, 0.2) is 47.4 Å². The first-order chi connectivity index (χ1) is 10.3. The Morgan fingerprint density at radius 2 is 1.68 bits per heavy atom. The van der Waals surface area contributed by atoms with Crippen LogP contribution in [0.3, 0.4) is 0 Å². The molecule has 0 saturated carbocycles. The number of amides is 1. The smallest absolute Gasteiger partial charge is 0.261 e. The highest BCUT2D eigenvalue weighted by atomic mass is 32.2. The number of anilines is 3. The van der Waals surface area contributed by atoms with E-state index in [0.29, 0.717) is 11.4 Å². The predicted molar refractivity (Wildman–Crippen MR) is 84.1 cm³/mol. The normalized spacial score (nSPS) is 11.0. The number of phenols is 1. The molecule has 5 N–H and O–H groups in total. The number of nitrogen functional groups attached to an aromatic ring is 1. The molecule has 0 saturated heterocycles. The summed E-state index contributed by atoms with van der Waals surface area (Å²) in [7, 11) is -3.82. The fourth-order valence-corrected chi connectivity index (χ4v) is 2.83. The molecule has 0 radical (unpaired) electrons. The van der Waals surface area contributed by atoms with E-state index in [1.165, 1.54) is 37.3 Å². The van der Waals surface area contributed by atoms with Gasteiger partial charge in [0.1, 0.15) is 5.75 Å². The number of hydrogen-bond donors (Lipinski definition) is 4. The number of carbonyl (C=O) groups excluding carboxylic acids is 1. The Balaban J connectivity index is 2.21. The monoisotopic (exact) mass is 321 g/mol. The second kappa shape index (κ2) is 5.94. The van der Waals surface area contributed by atoms with Gasteiger partial charge in [-0.25, -0.2) is 8.42 Å². The van der Waals surface area contributed by atoms with Gasteiger partial charge in [-0.1, -0.05) is 0 Å². The van der Waals surface area contributed by atoms with Crippen molar-refractivity contribution in [2.75, 3.05) is 15.8 Å². The minimum absolute atomic E-state index is 0.0242. The summed E-state index contributed by atoms with van der Waals surface area (Å²) in [6.45, 7) is 1.38. The Hall–Kier alpha value is -2.74. The number of phenolic OH excluding ortho intramolecular Hbond substituents is 1. The Bertz CT molecular complexity index is 801. The van der Waals surface area contributed by atoms with E-state index in [1.54, 1.807) is 12.1 Å². The molecule has 22 heavy (non-hydrogen) atoms. The quantitative estimate of drug-likeness (QED) is 0.505. The van der Waals surface area contributed by atoms with Crippen molar-refractivity contribution in [1.29, 1.82) is 0 Å². The number of sulfonamides is 1. The fraction of sp³-hybridized carbons (Fsp3) is 0.0714. The summed E-state index contributed by atoms with van der Waals surface area (Å²) in [5.41, 5.74) is 6.36. The fourth-order valence-electron chi connectivity index (χ4n) is 1.74. The minimum atomic E-state index is -3.82. The molecule has 0 atom stereocenters. The van der Waals surface area contributed by atoms with Crippen LogP contribution in [0.2, 0.25) is 0 Å². The van der Waals surface area contributed by atoms with Gasteiger partial charge in [-0.05, 0) is 42.5 Å². The lowest BCUT2D eigenvalue weighted by Gasteiger charge is -2.10. The van der Waals surface area contributed by atoms with E-state index in [-0.39, 0.29) is 22.2 Å². The first kappa shape index (κ1) is 15.6. The van der Waals surface area contributed by atoms with Gasteiger partial charge in [-0.2, -0.15) is 0 Å². The lowest BCUT2D eigenvalue weighted by Crippen LogP contribution is -2.13. The van der Waals surface area contributed by atoms with Gasteiger partial charge in [0.2, 0.25) is 5.91 Å². The third kappa shape index (κ3) is 3.67. The number of aromatic hydroxyl groups is 1. The second-order valence-electron chi connectivity index (χ2n) is 4.58. The summed E-state index contributed by atoms with van der Waals surface area (Å²) < 4.78 is 26.8. The third-order valence-corrected chi connectivity index (χ3v) is 4.15. The van der Waals surface area contributed by atoms with Gasteiger partial charge in [0.05, 0.1) is 10.6 Å². The molecule has 2 rings (SSSR count). The summed E-state index contributed by atoms with van der Waals surface area (Å²) in [5, 5.41) is 11.9. The Labute approximate surface area is 127 Å². The molecule has 0 aliphatic carbocycles. The molecule has 116 valence electrons. The van der Waals surface area contributed by atoms with Crippen LogP contribution >= 0.6 is 0 Å². The summed E-state index contributed by atoms with van der Waals surface area (Å²) >= 11 is 0. The van der Waals surface area contributed by atoms with Crippen LogP contribution in [0.25, 0.3) is 0 Å². The van der Waals surface area contributed by atoms with Crippen LogP contribution in [-0.2, 0) is 14.8 Å². The van der Waals surface area contributed by atoms with Gasteiger partial charge in [0.15, 0.2) is 0 Å². The summed E-state index contributed by atoms with van der Waals surface area (Å²) in [6.07, 6.45) is 0. The minimum Gasteiger partial charge on any atom is -0.506 e. The zero-order valence-corrected chi connectivity index (χ0v) is 12.5. The summed E-state index contributed by atoms with van der Waals surface area (Å²) in [4.78, 5) is 10.9. The molecule has 2 aromatic rings. The van der Waals surface area contributed by atoms with E-state index in [9.17, 15) is 18.3 Å². The maximum absolute atomic E-state index is 12.2. The van der Waals surface area contributed by atoms with Crippen molar-refractivity contribution in [1.82, 2.24) is 0 Å². The molecule has 0 aliphatic rings. The maximum atomic E-state index is 12.2. The Morgan fingerprint density at radius 1 is 1.09 bits per heavy atom. The summed E-state index contributed by atoms with van der Waals surface area (Å²) in [6, 6.07) is 9.82. The van der Waals surface area contributed by atoms with Crippen molar-refractivity contribution in [3.05, 3.63) is 42.5 Å². The molecule has 2 aromatic carbocycles. The Kier molecular flexibility index (Phi) is 4.22. The summed E-state index contributed by atoms with van der Waals surface area (Å²) in [5.74, 6) is -0.397. The highest BCUT2D eigenvalue weighted by Crippen LogP contribution is 2.25. The van der Waals surface area contributed by atoms with Crippen molar-refractivity contribution in [2.45, 2.75) is 11.8 Å². The van der Waals surface area contributed by atoms with Crippen LogP contribution in [0.1, 0.15) is 6.92 Å². The average Bonchev–Trinajstić information content (AvgIpc) is 2.43. The zero-order valence-electron chi connectivity index (χ0n) is 11.7. The van der Waals surface area contributed by atoms with Crippen molar-refractivity contribution >= 4 is 33.0 Å². The number of hydrogen-bond acceptors (Lipinski definition) is 5. The number of carbonyl (C=O) groups is 1. The highest BCUT2D eigenvalue weighted by molar-refractivity contribution is 7.92. The van der Waals surface area contributed by atoms with Crippen molar-refractivity contribution < 1.29 is 18.3 Å². The highest BCUT2D eigenvalue weighted by Gasteiger charge is 2.15. The van der Waals surface area contributed by atoms with Crippen LogP contribution in [0, 0.1) is 0 Å². The molecular formula is C14H15N3O4S. The van der Waals surface area contributed by atoms with Crippen LogP contribution in [0.5, 0.6) is 5.75 Å². The first-order valence-corrected chi connectivity index (χ1v) is 7.75. The van der Waals surface area contributed by atoms with Gasteiger partial charge >= 0.3 is 0 Å². The van der Waals surface area contributed by atoms with Crippen molar-refractivity contribution in [3.63, 3.8) is 0 Å². The molecule has 0 spiro atoms. The predicted octanol–water partition coefficient (Wildman–Crippen LogP) is 1.73. The number of nitrogens with one attached hydrogen (secondary N) is 2. The van der Waals surface area contributed by atoms with E-state index in [2.05, 4.69) is 10.0 Å². The maximum Gasteiger partial charge on any atom is 0.261 e. The van der Waals surface area contributed by atoms with Crippen molar-refractivity contribution in [3.8, 4) is 5.75 Å². The Morgan fingerprint density at radius 3 is 2.23 bits per heavy atom. The SMILES string of the molecule is CC(=O)Nc1ccc(NS(=O)(=O)c2ccc(O)c(N)c2)cc1. The number of benzene rings is 2. The molecule has 7 nitrogen and oxygen atoms in total. The largest absolute Gasteiger partial charge is 0.506 e. The number of rotatable bonds is 4. The van der Waals surface area contributed by atoms with Crippen molar-refractivity contribution in [2.24, 2.45) is 0 Å². The van der Waals surface area contributed by atoms with Crippen LogP contribution < -0.4 is 15.8 Å². The second-order valence-corrected chi connectivity index (χ2v) is 6.27. The van der Waals surface area contributed by atoms with Gasteiger partial charge in [0, 0.05) is 18.3 Å². The van der Waals surface area contributed by atoms with E-state index in [0.717, 1.165) is 0 Å². The lowest BCUT2D eigenvalue weighted by molar-refractivity contribution is -0.114. The lowest BCUT2D eigenvalue weighted by atomic mass is 10.3. The van der Waals surface area contributed by atoms with Crippen LogP contribution in [0.4, 0.5) is 17.1 Å². The zero-order chi connectivity index (χ0) is 16.3. The van der Waals surface area contributed by atoms with E-state index in [1.807, 2.05) is 0 Å². The van der Waals surface area contributed by atoms with Crippen LogP contribution in [-0.4, -0.2) is 19.4 Å². The molecule has 1 amide bonds. The van der Waals surface area contributed by atoms with Gasteiger partial charge in [0.25, 0.3) is 10.0 Å². The molecule has 0 unspecified atom stereocenters. The first-order valence-electron chi connectivity index (χ1n) is 6.27. The number of nitrogens with two attached hydrogens (primary N) is 1. The van der Waals surface area contributed by atoms with Gasteiger partial charge in [-0.3, -0.25) is 9.52 Å². The molecule has 0 fully saturated rings.